The van der Waals surface area contributed by atoms with Crippen molar-refractivity contribution in [2.75, 3.05) is 5.32 Å². The number of carbonyl (C=O) groups excluding carboxylic acids is 1. The highest BCUT2D eigenvalue weighted by Crippen LogP contribution is 2.32. The maximum absolute atomic E-state index is 13.3. The van der Waals surface area contributed by atoms with Crippen molar-refractivity contribution < 1.29 is 18.3 Å². The van der Waals surface area contributed by atoms with Gasteiger partial charge in [0.25, 0.3) is 0 Å². The number of ether oxygens (including phenoxy) is 1. The Morgan fingerprint density at radius 2 is 1.90 bits per heavy atom. The van der Waals surface area contributed by atoms with Crippen LogP contribution < -0.4 is 5.32 Å². The van der Waals surface area contributed by atoms with Crippen LogP contribution in [-0.2, 0) is 4.74 Å². The highest BCUT2D eigenvalue weighted by atomic mass is 32.1. The van der Waals surface area contributed by atoms with E-state index >= 15 is 0 Å². The number of nitrogens with one attached hydrogen (secondary N) is 1. The third-order valence-electron chi connectivity index (χ3n) is 2.53. The van der Waals surface area contributed by atoms with Crippen LogP contribution in [0.2, 0.25) is 0 Å². The van der Waals surface area contributed by atoms with E-state index in [1.807, 2.05) is 0 Å². The molecule has 0 spiro atoms. The van der Waals surface area contributed by atoms with Crippen molar-refractivity contribution in [1.82, 2.24) is 0 Å². The number of hydrogen-bond donors (Lipinski definition) is 1. The van der Waals surface area contributed by atoms with Crippen LogP contribution >= 0.6 is 11.3 Å². The van der Waals surface area contributed by atoms with Gasteiger partial charge in [0.15, 0.2) is 11.6 Å². The molecule has 0 aliphatic heterocycles. The summed E-state index contributed by atoms with van der Waals surface area (Å²) in [5.74, 6) is -1.84. The summed E-state index contributed by atoms with van der Waals surface area (Å²) in [5.41, 5.74) is 0.994. The van der Waals surface area contributed by atoms with E-state index in [1.165, 1.54) is 17.4 Å². The Labute approximate surface area is 125 Å². The lowest BCUT2D eigenvalue weighted by Crippen LogP contribution is -2.27. The predicted molar refractivity (Wildman–Crippen MR) is 79.5 cm³/mol. The van der Waals surface area contributed by atoms with Crippen molar-refractivity contribution in [2.24, 2.45) is 0 Å². The lowest BCUT2D eigenvalue weighted by molar-refractivity contribution is 0.0636. The number of amides is 1. The van der Waals surface area contributed by atoms with Crippen LogP contribution in [0.3, 0.4) is 0 Å². The minimum atomic E-state index is -0.929. The maximum Gasteiger partial charge on any atom is 0.412 e. The maximum atomic E-state index is 13.3. The molecule has 3 nitrogen and oxygen atoms in total. The Hall–Kier alpha value is -1.95. The van der Waals surface area contributed by atoms with Gasteiger partial charge in [0.1, 0.15) is 5.60 Å². The summed E-state index contributed by atoms with van der Waals surface area (Å²) in [6.45, 7) is 5.28. The molecule has 0 bridgehead atoms. The summed E-state index contributed by atoms with van der Waals surface area (Å²) in [6, 6.07) is 3.61. The molecule has 6 heteroatoms. The van der Waals surface area contributed by atoms with Gasteiger partial charge in [-0.15, -0.1) is 11.3 Å². The molecule has 0 saturated heterocycles. The average molecular weight is 311 g/mol. The number of rotatable bonds is 2. The van der Waals surface area contributed by atoms with E-state index in [-0.39, 0.29) is 0 Å². The highest BCUT2D eigenvalue weighted by molar-refractivity contribution is 7.08. The Kier molecular flexibility index (Phi) is 4.27. The van der Waals surface area contributed by atoms with E-state index in [4.69, 9.17) is 4.74 Å². The number of benzene rings is 1. The molecule has 0 aliphatic rings. The lowest BCUT2D eigenvalue weighted by atomic mass is 10.1. The molecule has 21 heavy (non-hydrogen) atoms. The van der Waals surface area contributed by atoms with Gasteiger partial charge in [-0.05, 0) is 38.5 Å². The molecule has 0 fully saturated rings. The zero-order valence-electron chi connectivity index (χ0n) is 11.9. The van der Waals surface area contributed by atoms with E-state index in [9.17, 15) is 13.6 Å². The summed E-state index contributed by atoms with van der Waals surface area (Å²) in [5, 5.41) is 6.07. The first-order valence-electron chi connectivity index (χ1n) is 6.28. The van der Waals surface area contributed by atoms with E-state index in [0.717, 1.165) is 12.1 Å². The fourth-order valence-electron chi connectivity index (χ4n) is 1.69. The molecule has 2 rings (SSSR count). The monoisotopic (exact) mass is 311 g/mol. The molecule has 1 aromatic heterocycles. The van der Waals surface area contributed by atoms with Gasteiger partial charge in [0.05, 0.1) is 5.69 Å². The minimum Gasteiger partial charge on any atom is -0.444 e. The molecule has 1 amide bonds. The van der Waals surface area contributed by atoms with Crippen molar-refractivity contribution in [3.8, 4) is 11.1 Å². The first kappa shape index (κ1) is 15.4. The van der Waals surface area contributed by atoms with E-state index in [0.29, 0.717) is 16.8 Å². The van der Waals surface area contributed by atoms with Gasteiger partial charge in [-0.3, -0.25) is 5.32 Å². The van der Waals surface area contributed by atoms with Crippen LogP contribution in [0.15, 0.2) is 29.0 Å². The first-order valence-corrected chi connectivity index (χ1v) is 7.22. The summed E-state index contributed by atoms with van der Waals surface area (Å²) in [4.78, 5) is 11.8. The summed E-state index contributed by atoms with van der Waals surface area (Å²) < 4.78 is 31.4. The van der Waals surface area contributed by atoms with Crippen molar-refractivity contribution >= 4 is 23.1 Å². The Balaban J connectivity index is 2.22. The number of anilines is 1. The van der Waals surface area contributed by atoms with Gasteiger partial charge in [-0.2, -0.15) is 0 Å². The molecule has 0 radical (unpaired) electrons. The van der Waals surface area contributed by atoms with Gasteiger partial charge in [0.2, 0.25) is 0 Å². The second kappa shape index (κ2) is 5.81. The molecule has 0 saturated carbocycles. The van der Waals surface area contributed by atoms with Crippen LogP contribution in [0.1, 0.15) is 20.8 Å². The molecule has 0 atom stereocenters. The van der Waals surface area contributed by atoms with E-state index < -0.39 is 23.3 Å². The second-order valence-electron chi connectivity index (χ2n) is 5.45. The van der Waals surface area contributed by atoms with Gasteiger partial charge < -0.3 is 4.74 Å². The molecule has 2 aromatic rings. The van der Waals surface area contributed by atoms with Gasteiger partial charge in [-0.1, -0.05) is 6.07 Å². The fourth-order valence-corrected chi connectivity index (χ4v) is 2.48. The molecule has 0 aliphatic carbocycles. The second-order valence-corrected chi connectivity index (χ2v) is 6.20. The molecule has 0 unspecified atom stereocenters. The van der Waals surface area contributed by atoms with E-state index in [1.54, 1.807) is 31.5 Å². The third-order valence-corrected chi connectivity index (χ3v) is 3.27. The van der Waals surface area contributed by atoms with Crippen LogP contribution in [0.5, 0.6) is 0 Å². The molecule has 1 heterocycles. The number of hydrogen-bond acceptors (Lipinski definition) is 3. The standard InChI is InChI=1S/C15H15F2NO2S/c1-15(2,3)20-14(19)18-13-8-21-7-10(13)9-4-5-11(16)12(17)6-9/h4-8H,1-3H3,(H,18,19). The molecular weight excluding hydrogens is 296 g/mol. The van der Waals surface area contributed by atoms with Gasteiger partial charge in [0, 0.05) is 16.3 Å². The summed E-state index contributed by atoms with van der Waals surface area (Å²) >= 11 is 1.34. The Bertz CT molecular complexity index is 662. The minimum absolute atomic E-state index is 0.487. The topological polar surface area (TPSA) is 38.3 Å². The fraction of sp³-hybridized carbons (Fsp3) is 0.267. The number of thiophene rings is 1. The van der Waals surface area contributed by atoms with Gasteiger partial charge in [-0.25, -0.2) is 13.6 Å². The summed E-state index contributed by atoms with van der Waals surface area (Å²) in [7, 11) is 0. The van der Waals surface area contributed by atoms with Crippen molar-refractivity contribution in [3.63, 3.8) is 0 Å². The van der Waals surface area contributed by atoms with Crippen LogP contribution in [0.25, 0.3) is 11.1 Å². The average Bonchev–Trinajstić information content (AvgIpc) is 2.78. The van der Waals surface area contributed by atoms with Crippen molar-refractivity contribution in [3.05, 3.63) is 40.6 Å². The number of carbonyl (C=O) groups is 1. The molecular formula is C15H15F2NO2S. The third kappa shape index (κ3) is 4.01. The Morgan fingerprint density at radius 1 is 1.19 bits per heavy atom. The van der Waals surface area contributed by atoms with Crippen LogP contribution in [0.4, 0.5) is 19.3 Å². The first-order chi connectivity index (χ1) is 9.76. The SMILES string of the molecule is CC(C)(C)OC(=O)Nc1cscc1-c1ccc(F)c(F)c1. The zero-order valence-corrected chi connectivity index (χ0v) is 12.7. The van der Waals surface area contributed by atoms with Crippen molar-refractivity contribution in [2.45, 2.75) is 26.4 Å². The van der Waals surface area contributed by atoms with Crippen molar-refractivity contribution in [1.29, 1.82) is 0 Å². The van der Waals surface area contributed by atoms with E-state index in [2.05, 4.69) is 5.32 Å². The van der Waals surface area contributed by atoms with Crippen LogP contribution in [0, 0.1) is 11.6 Å². The van der Waals surface area contributed by atoms with Crippen LogP contribution in [-0.4, -0.2) is 11.7 Å². The zero-order chi connectivity index (χ0) is 15.6. The molecule has 1 aromatic carbocycles. The quantitative estimate of drug-likeness (QED) is 0.843. The lowest BCUT2D eigenvalue weighted by Gasteiger charge is -2.19. The summed E-state index contributed by atoms with van der Waals surface area (Å²) in [6.07, 6.45) is -0.593. The normalized spacial score (nSPS) is 11.3. The Morgan fingerprint density at radius 3 is 2.52 bits per heavy atom. The largest absolute Gasteiger partial charge is 0.444 e. The molecule has 1 N–H and O–H groups in total. The van der Waals surface area contributed by atoms with Gasteiger partial charge >= 0.3 is 6.09 Å². The predicted octanol–water partition coefficient (Wildman–Crippen LogP) is 5.04. The smallest absolute Gasteiger partial charge is 0.412 e. The highest BCUT2D eigenvalue weighted by Gasteiger charge is 2.18. The molecule has 112 valence electrons. The number of halogens is 2.